The molecule has 0 aliphatic rings. The van der Waals surface area contributed by atoms with Gasteiger partial charge in [0.05, 0.1) is 0 Å². The smallest absolute Gasteiger partial charge is 0.246 e. The van der Waals surface area contributed by atoms with E-state index in [9.17, 15) is 18.4 Å². The number of carbonyl (C=O) groups is 2. The van der Waals surface area contributed by atoms with E-state index in [1.807, 2.05) is 30.3 Å². The third kappa shape index (κ3) is 4.73. The Balaban J connectivity index is 2.23. The maximum absolute atomic E-state index is 13.4. The minimum absolute atomic E-state index is 0.150. The van der Waals surface area contributed by atoms with E-state index in [0.717, 1.165) is 17.7 Å². The molecule has 0 aliphatic heterocycles. The average molecular weight is 344 g/mol. The predicted octanol–water partition coefficient (Wildman–Crippen LogP) is 2.97. The van der Waals surface area contributed by atoms with Crippen molar-refractivity contribution in [2.45, 2.75) is 13.0 Å². The van der Waals surface area contributed by atoms with E-state index in [1.54, 1.807) is 6.92 Å². The number of amides is 2. The summed E-state index contributed by atoms with van der Waals surface area (Å²) >= 11 is 0. The van der Waals surface area contributed by atoms with Crippen molar-refractivity contribution in [2.24, 2.45) is 0 Å². The molecule has 2 N–H and O–H groups in total. The van der Waals surface area contributed by atoms with E-state index in [0.29, 0.717) is 5.57 Å². The number of benzene rings is 2. The Morgan fingerprint density at radius 2 is 1.72 bits per heavy atom. The van der Waals surface area contributed by atoms with Crippen molar-refractivity contribution in [1.29, 1.82) is 0 Å². The van der Waals surface area contributed by atoms with Crippen LogP contribution < -0.4 is 10.6 Å². The van der Waals surface area contributed by atoms with E-state index >= 15 is 0 Å². The zero-order valence-corrected chi connectivity index (χ0v) is 13.8. The molecule has 2 amide bonds. The third-order valence-electron chi connectivity index (χ3n) is 3.65. The molecular weight excluding hydrogens is 326 g/mol. The van der Waals surface area contributed by atoms with Crippen LogP contribution in [0.4, 0.5) is 8.78 Å². The highest BCUT2D eigenvalue weighted by Crippen LogP contribution is 2.18. The van der Waals surface area contributed by atoms with E-state index in [-0.39, 0.29) is 5.56 Å². The Morgan fingerprint density at radius 1 is 1.04 bits per heavy atom. The van der Waals surface area contributed by atoms with Crippen molar-refractivity contribution in [3.63, 3.8) is 0 Å². The second kappa shape index (κ2) is 8.19. The van der Waals surface area contributed by atoms with Crippen molar-refractivity contribution in [1.82, 2.24) is 10.6 Å². The van der Waals surface area contributed by atoms with Crippen LogP contribution in [0.2, 0.25) is 0 Å². The Bertz CT molecular complexity index is 804. The van der Waals surface area contributed by atoms with Gasteiger partial charge < -0.3 is 10.6 Å². The van der Waals surface area contributed by atoms with Gasteiger partial charge in [-0.25, -0.2) is 8.78 Å². The van der Waals surface area contributed by atoms with Gasteiger partial charge in [0.2, 0.25) is 11.8 Å². The van der Waals surface area contributed by atoms with Crippen LogP contribution in [0.25, 0.3) is 5.57 Å². The summed E-state index contributed by atoms with van der Waals surface area (Å²) in [6.45, 7) is 1.77. The number of nitrogens with one attached hydrogen (secondary N) is 2. The molecule has 2 aromatic rings. The molecule has 130 valence electrons. The third-order valence-corrected chi connectivity index (χ3v) is 3.65. The fourth-order valence-corrected chi connectivity index (χ4v) is 2.30. The molecule has 0 fully saturated rings. The van der Waals surface area contributed by atoms with Crippen LogP contribution in [-0.2, 0) is 9.59 Å². The molecule has 0 aliphatic carbocycles. The molecule has 0 bridgehead atoms. The number of carbonyl (C=O) groups excluding carboxylic acids is 2. The van der Waals surface area contributed by atoms with E-state index < -0.39 is 29.5 Å². The van der Waals surface area contributed by atoms with Crippen molar-refractivity contribution in [2.75, 3.05) is 7.05 Å². The lowest BCUT2D eigenvalue weighted by atomic mass is 10.0. The zero-order chi connectivity index (χ0) is 18.4. The number of allylic oxidation sites excluding steroid dienone is 1. The molecule has 2 rings (SSSR count). The van der Waals surface area contributed by atoms with E-state index in [2.05, 4.69) is 10.6 Å². The first kappa shape index (κ1) is 18.3. The van der Waals surface area contributed by atoms with Gasteiger partial charge in [-0.05, 0) is 35.8 Å². The van der Waals surface area contributed by atoms with Crippen molar-refractivity contribution in [3.8, 4) is 0 Å². The first-order valence-corrected chi connectivity index (χ1v) is 7.63. The Labute approximate surface area is 144 Å². The molecule has 1 unspecified atom stereocenters. The normalized spacial score (nSPS) is 12.4. The van der Waals surface area contributed by atoms with Crippen LogP contribution in [0.3, 0.4) is 0 Å². The largest absolute Gasteiger partial charge is 0.357 e. The maximum atomic E-state index is 13.4. The van der Waals surface area contributed by atoms with Crippen LogP contribution in [-0.4, -0.2) is 18.9 Å². The van der Waals surface area contributed by atoms with Gasteiger partial charge in [-0.3, -0.25) is 9.59 Å². The number of hydrogen-bond acceptors (Lipinski definition) is 2. The van der Waals surface area contributed by atoms with Crippen LogP contribution in [0.15, 0.2) is 54.6 Å². The molecule has 6 heteroatoms. The van der Waals surface area contributed by atoms with E-state index in [4.69, 9.17) is 0 Å². The number of likely N-dealkylation sites (N-methyl/N-ethyl adjacent to an activating group) is 1. The second-order valence-corrected chi connectivity index (χ2v) is 5.42. The molecule has 4 nitrogen and oxygen atoms in total. The Morgan fingerprint density at radius 3 is 2.32 bits per heavy atom. The monoisotopic (exact) mass is 344 g/mol. The Hall–Kier alpha value is -3.02. The van der Waals surface area contributed by atoms with Gasteiger partial charge in [0.15, 0.2) is 11.6 Å². The highest BCUT2D eigenvalue weighted by Gasteiger charge is 2.22. The molecule has 25 heavy (non-hydrogen) atoms. The van der Waals surface area contributed by atoms with Gasteiger partial charge in [-0.1, -0.05) is 36.4 Å². The highest BCUT2D eigenvalue weighted by molar-refractivity contribution is 5.98. The summed E-state index contributed by atoms with van der Waals surface area (Å²) in [6, 6.07) is 11.2. The maximum Gasteiger partial charge on any atom is 0.246 e. The first-order valence-electron chi connectivity index (χ1n) is 7.63. The minimum atomic E-state index is -1.13. The minimum Gasteiger partial charge on any atom is -0.357 e. The number of rotatable bonds is 5. The summed E-state index contributed by atoms with van der Waals surface area (Å²) < 4.78 is 26.5. The van der Waals surface area contributed by atoms with Crippen molar-refractivity contribution < 1.29 is 18.4 Å². The summed E-state index contributed by atoms with van der Waals surface area (Å²) in [5, 5.41) is 4.91. The van der Waals surface area contributed by atoms with Gasteiger partial charge in [0, 0.05) is 13.1 Å². The van der Waals surface area contributed by atoms with Crippen LogP contribution in [0.5, 0.6) is 0 Å². The molecule has 0 saturated heterocycles. The molecule has 1 atom stereocenters. The summed E-state index contributed by atoms with van der Waals surface area (Å²) in [5.74, 6) is -3.16. The summed E-state index contributed by atoms with van der Waals surface area (Å²) in [5.41, 5.74) is 1.72. The van der Waals surface area contributed by atoms with Crippen LogP contribution in [0, 0.1) is 11.6 Å². The SMILES string of the molecule is CNC(=O)C(NC(=O)C=C(C)c1ccccc1)c1ccc(F)c(F)c1. The quantitative estimate of drug-likeness (QED) is 0.820. The van der Waals surface area contributed by atoms with Crippen molar-refractivity contribution in [3.05, 3.63) is 77.4 Å². The van der Waals surface area contributed by atoms with Gasteiger partial charge in [0.1, 0.15) is 6.04 Å². The molecule has 0 heterocycles. The molecule has 0 saturated carbocycles. The summed E-state index contributed by atoms with van der Waals surface area (Å²) in [6.07, 6.45) is 1.35. The van der Waals surface area contributed by atoms with Crippen molar-refractivity contribution >= 4 is 17.4 Å². The van der Waals surface area contributed by atoms with Crippen LogP contribution in [0.1, 0.15) is 24.1 Å². The van der Waals surface area contributed by atoms with Gasteiger partial charge in [-0.2, -0.15) is 0 Å². The second-order valence-electron chi connectivity index (χ2n) is 5.42. The molecule has 0 aromatic heterocycles. The van der Waals surface area contributed by atoms with Gasteiger partial charge in [0.25, 0.3) is 0 Å². The molecule has 2 aromatic carbocycles. The fourth-order valence-electron chi connectivity index (χ4n) is 2.30. The topological polar surface area (TPSA) is 58.2 Å². The first-order chi connectivity index (χ1) is 11.9. The molecule has 0 spiro atoms. The molecular formula is C19H18F2N2O2. The van der Waals surface area contributed by atoms with E-state index in [1.165, 1.54) is 19.2 Å². The summed E-state index contributed by atoms with van der Waals surface area (Å²) in [4.78, 5) is 24.3. The lowest BCUT2D eigenvalue weighted by Crippen LogP contribution is -2.38. The van der Waals surface area contributed by atoms with Gasteiger partial charge in [-0.15, -0.1) is 0 Å². The molecule has 0 radical (unpaired) electrons. The fraction of sp³-hybridized carbons (Fsp3) is 0.158. The predicted molar refractivity (Wildman–Crippen MR) is 91.4 cm³/mol. The van der Waals surface area contributed by atoms with Crippen LogP contribution >= 0.6 is 0 Å². The average Bonchev–Trinajstić information content (AvgIpc) is 2.62. The Kier molecular flexibility index (Phi) is 6.00. The standard InChI is InChI=1S/C19H18F2N2O2/c1-12(13-6-4-3-5-7-13)10-17(24)23-18(19(25)22-2)14-8-9-15(20)16(21)11-14/h3-11,18H,1-2H3,(H,22,25)(H,23,24). The lowest BCUT2D eigenvalue weighted by molar-refractivity contribution is -0.126. The number of halogens is 2. The lowest BCUT2D eigenvalue weighted by Gasteiger charge is -2.17. The summed E-state index contributed by atoms with van der Waals surface area (Å²) in [7, 11) is 1.40. The zero-order valence-electron chi connectivity index (χ0n) is 13.8. The highest BCUT2D eigenvalue weighted by atomic mass is 19.2. The number of hydrogen-bond donors (Lipinski definition) is 2. The van der Waals surface area contributed by atoms with Gasteiger partial charge >= 0.3 is 0 Å².